The van der Waals surface area contributed by atoms with Crippen molar-refractivity contribution in [2.24, 2.45) is 0 Å². The molecule has 0 spiro atoms. The van der Waals surface area contributed by atoms with Gasteiger partial charge in [0.1, 0.15) is 5.54 Å². The molecule has 1 saturated carbocycles. The minimum Gasteiger partial charge on any atom is -0.464 e. The molecule has 0 aromatic carbocycles. The largest absolute Gasteiger partial charge is 0.464 e. The first-order chi connectivity index (χ1) is 15.1. The molecule has 1 aliphatic rings. The highest BCUT2D eigenvalue weighted by Gasteiger charge is 2.44. The molecule has 1 N–H and O–H groups in total. The third-order valence-electron chi connectivity index (χ3n) is 6.45. The molecule has 182 valence electrons. The number of hydrogen-bond donors (Lipinski definition) is 1. The van der Waals surface area contributed by atoms with E-state index in [1.54, 1.807) is 6.92 Å². The van der Waals surface area contributed by atoms with E-state index in [2.05, 4.69) is 12.2 Å². The molecule has 1 aliphatic carbocycles. The van der Waals surface area contributed by atoms with E-state index in [1.165, 1.54) is 83.5 Å². The van der Waals surface area contributed by atoms with Crippen molar-refractivity contribution in [2.75, 3.05) is 13.2 Å². The lowest BCUT2D eigenvalue weighted by atomic mass is 9.98. The van der Waals surface area contributed by atoms with Gasteiger partial charge in [0, 0.05) is 0 Å². The fourth-order valence-electron chi connectivity index (χ4n) is 4.50. The predicted octanol–water partition coefficient (Wildman–Crippen LogP) is 7.46. The Morgan fingerprint density at radius 1 is 0.677 bits per heavy atom. The number of carbonyl (C=O) groups is 2. The minimum atomic E-state index is -0.873. The fraction of sp³-hybridized carbons (Fsp3) is 0.923. The van der Waals surface area contributed by atoms with Crippen molar-refractivity contribution in [3.8, 4) is 0 Å². The van der Waals surface area contributed by atoms with Crippen LogP contribution in [0, 0.1) is 0 Å². The lowest BCUT2D eigenvalue weighted by molar-refractivity contribution is -0.151. The van der Waals surface area contributed by atoms with E-state index in [-0.39, 0.29) is 5.97 Å². The van der Waals surface area contributed by atoms with Crippen molar-refractivity contribution < 1.29 is 19.1 Å². The molecule has 0 atom stereocenters. The highest BCUT2D eigenvalue weighted by Crippen LogP contribution is 2.31. The van der Waals surface area contributed by atoms with Gasteiger partial charge in [-0.15, -0.1) is 0 Å². The topological polar surface area (TPSA) is 64.6 Å². The summed E-state index contributed by atoms with van der Waals surface area (Å²) in [5.74, 6) is -0.289. The molecule has 5 heteroatoms. The van der Waals surface area contributed by atoms with Crippen molar-refractivity contribution in [3.63, 3.8) is 0 Å². The zero-order valence-corrected chi connectivity index (χ0v) is 20.5. The summed E-state index contributed by atoms with van der Waals surface area (Å²) in [6.45, 7) is 4.78. The number of rotatable bonds is 19. The predicted molar refractivity (Wildman–Crippen MR) is 127 cm³/mol. The lowest BCUT2D eigenvalue weighted by Gasteiger charge is -2.27. The van der Waals surface area contributed by atoms with Crippen molar-refractivity contribution >= 4 is 12.1 Å². The number of ether oxygens (including phenoxy) is 2. The second-order valence-electron chi connectivity index (χ2n) is 9.22. The van der Waals surface area contributed by atoms with Crippen LogP contribution in [0.4, 0.5) is 4.79 Å². The molecular weight excluding hydrogens is 390 g/mol. The smallest absolute Gasteiger partial charge is 0.408 e. The van der Waals surface area contributed by atoms with Crippen LogP contribution in [0.5, 0.6) is 0 Å². The Labute approximate surface area is 191 Å². The Balaban J connectivity index is 1.95. The van der Waals surface area contributed by atoms with Gasteiger partial charge in [-0.1, -0.05) is 110 Å². The number of alkyl carbamates (subject to hydrolysis) is 1. The van der Waals surface area contributed by atoms with Gasteiger partial charge in [-0.25, -0.2) is 9.59 Å². The molecule has 5 nitrogen and oxygen atoms in total. The lowest BCUT2D eigenvalue weighted by Crippen LogP contribution is -2.53. The van der Waals surface area contributed by atoms with E-state index in [0.717, 1.165) is 25.7 Å². The second kappa shape index (κ2) is 18.3. The quantitative estimate of drug-likeness (QED) is 0.167. The molecule has 0 heterocycles. The first-order valence-corrected chi connectivity index (χ1v) is 13.3. The summed E-state index contributed by atoms with van der Waals surface area (Å²) >= 11 is 0. The third kappa shape index (κ3) is 13.0. The van der Waals surface area contributed by atoms with Gasteiger partial charge >= 0.3 is 12.1 Å². The van der Waals surface area contributed by atoms with Crippen LogP contribution >= 0.6 is 0 Å². The van der Waals surface area contributed by atoms with Crippen LogP contribution in [0.1, 0.15) is 136 Å². The van der Waals surface area contributed by atoms with Gasteiger partial charge in [0.2, 0.25) is 0 Å². The summed E-state index contributed by atoms with van der Waals surface area (Å²) in [6.07, 6.45) is 22.4. The van der Waals surface area contributed by atoms with Crippen LogP contribution in [0.15, 0.2) is 0 Å². The fourth-order valence-corrected chi connectivity index (χ4v) is 4.50. The number of nitrogens with one attached hydrogen (secondary N) is 1. The van der Waals surface area contributed by atoms with Gasteiger partial charge in [-0.05, 0) is 26.2 Å². The second-order valence-corrected chi connectivity index (χ2v) is 9.22. The van der Waals surface area contributed by atoms with Crippen molar-refractivity contribution in [1.29, 1.82) is 0 Å². The normalized spacial score (nSPS) is 15.0. The minimum absolute atomic E-state index is 0.289. The number of esters is 1. The molecule has 0 aliphatic heterocycles. The highest BCUT2D eigenvalue weighted by molar-refractivity contribution is 5.86. The maximum atomic E-state index is 12.6. The number of amides is 1. The van der Waals surface area contributed by atoms with Crippen LogP contribution in [0.2, 0.25) is 0 Å². The van der Waals surface area contributed by atoms with Crippen LogP contribution in [0.3, 0.4) is 0 Å². The Bertz CT molecular complexity index is 460. The number of unbranched alkanes of at least 4 members (excludes halogenated alkanes) is 14. The Hall–Kier alpha value is -1.26. The molecule has 0 bridgehead atoms. The van der Waals surface area contributed by atoms with Gasteiger partial charge in [0.05, 0.1) is 13.2 Å². The summed E-state index contributed by atoms with van der Waals surface area (Å²) in [5.41, 5.74) is -0.873. The van der Waals surface area contributed by atoms with Gasteiger partial charge in [0.25, 0.3) is 0 Å². The highest BCUT2D eigenvalue weighted by atomic mass is 16.6. The molecule has 1 rings (SSSR count). The van der Waals surface area contributed by atoms with E-state index < -0.39 is 11.6 Å². The average molecular weight is 440 g/mol. The van der Waals surface area contributed by atoms with E-state index >= 15 is 0 Å². The van der Waals surface area contributed by atoms with Gasteiger partial charge in [0.15, 0.2) is 0 Å². The first-order valence-electron chi connectivity index (χ1n) is 13.3. The number of carbonyl (C=O) groups excluding carboxylic acids is 2. The van der Waals surface area contributed by atoms with Gasteiger partial charge in [-0.2, -0.15) is 0 Å². The maximum absolute atomic E-state index is 12.6. The Morgan fingerprint density at radius 3 is 1.58 bits per heavy atom. The molecule has 1 amide bonds. The van der Waals surface area contributed by atoms with E-state index in [4.69, 9.17) is 9.47 Å². The van der Waals surface area contributed by atoms with E-state index in [0.29, 0.717) is 26.1 Å². The standard InChI is InChI=1S/C26H49NO4/c1-3-5-6-7-8-9-10-11-12-13-14-15-16-17-20-23-31-24(28)26(21-18-19-22-26)27-25(29)30-4-2/h3-23H2,1-2H3,(H,27,29). The summed E-state index contributed by atoms with van der Waals surface area (Å²) in [4.78, 5) is 24.4. The SMILES string of the molecule is CCCCCCCCCCCCCCCCCOC(=O)C1(NC(=O)OCC)CCCC1. The molecule has 0 saturated heterocycles. The summed E-state index contributed by atoms with van der Waals surface area (Å²) in [5, 5.41) is 2.76. The van der Waals surface area contributed by atoms with Crippen LogP contribution in [-0.2, 0) is 14.3 Å². The third-order valence-corrected chi connectivity index (χ3v) is 6.45. The average Bonchev–Trinajstić information content (AvgIpc) is 3.23. The molecule has 0 radical (unpaired) electrons. The Kier molecular flexibility index (Phi) is 16.4. The van der Waals surface area contributed by atoms with Crippen LogP contribution < -0.4 is 5.32 Å². The molecular formula is C26H49NO4. The van der Waals surface area contributed by atoms with Crippen molar-refractivity contribution in [1.82, 2.24) is 5.32 Å². The molecule has 0 unspecified atom stereocenters. The molecule has 31 heavy (non-hydrogen) atoms. The number of hydrogen-bond acceptors (Lipinski definition) is 4. The van der Waals surface area contributed by atoms with E-state index in [9.17, 15) is 9.59 Å². The maximum Gasteiger partial charge on any atom is 0.408 e. The molecule has 0 aromatic heterocycles. The molecule has 0 aromatic rings. The van der Waals surface area contributed by atoms with Crippen LogP contribution in [-0.4, -0.2) is 30.8 Å². The molecule has 1 fully saturated rings. The summed E-state index contributed by atoms with van der Waals surface area (Å²) < 4.78 is 10.5. The van der Waals surface area contributed by atoms with Crippen LogP contribution in [0.25, 0.3) is 0 Å². The van der Waals surface area contributed by atoms with E-state index in [1.807, 2.05) is 0 Å². The first kappa shape index (κ1) is 27.8. The summed E-state index contributed by atoms with van der Waals surface area (Å²) in [6, 6.07) is 0. The van der Waals surface area contributed by atoms with Gasteiger partial charge in [-0.3, -0.25) is 0 Å². The summed E-state index contributed by atoms with van der Waals surface area (Å²) in [7, 11) is 0. The van der Waals surface area contributed by atoms with Crippen molar-refractivity contribution in [3.05, 3.63) is 0 Å². The zero-order valence-electron chi connectivity index (χ0n) is 20.5. The monoisotopic (exact) mass is 439 g/mol. The Morgan fingerprint density at radius 2 is 1.13 bits per heavy atom. The van der Waals surface area contributed by atoms with Gasteiger partial charge < -0.3 is 14.8 Å². The zero-order chi connectivity index (χ0) is 22.6. The van der Waals surface area contributed by atoms with Crippen molar-refractivity contribution in [2.45, 2.75) is 141 Å².